The number of anilines is 1. The number of para-hydroxylation sites is 1. The van der Waals surface area contributed by atoms with Gasteiger partial charge in [-0.05, 0) is 61.9 Å². The predicted octanol–water partition coefficient (Wildman–Crippen LogP) is 10.9. The minimum Gasteiger partial charge on any atom is -0.508 e. The molecule has 1 aliphatic rings. The lowest BCUT2D eigenvalue weighted by Crippen LogP contribution is -2.66. The Bertz CT molecular complexity index is 2660. The number of pyridine rings is 1. The molecule has 0 aliphatic heterocycles. The number of phenols is 1. The Hall–Kier alpha value is -6.64. The molecule has 0 spiro atoms. The third-order valence-electron chi connectivity index (χ3n) is 13.0. The van der Waals surface area contributed by atoms with E-state index in [2.05, 4.69) is 111 Å². The van der Waals surface area contributed by atoms with Gasteiger partial charge in [0, 0.05) is 30.0 Å². The number of amides is 1. The molecule has 1 amide bonds. The molecule has 1 heterocycles. The minimum atomic E-state index is -3.07. The number of fused-ring (bicyclic) bond motifs is 1. The first-order chi connectivity index (χ1) is 30.7. The molecule has 0 unspecified atom stereocenters. The van der Waals surface area contributed by atoms with Gasteiger partial charge in [-0.1, -0.05) is 203 Å². The molecule has 2 N–H and O–H groups in total. The maximum Gasteiger partial charge on any atom is 0.261 e. The summed E-state index contributed by atoms with van der Waals surface area (Å²) in [5, 5.41) is 17.4. The number of nitrogens with one attached hydrogen (secondary N) is 1. The Morgan fingerprint density at radius 2 is 1.16 bits per heavy atom. The van der Waals surface area contributed by atoms with E-state index in [0.29, 0.717) is 11.2 Å². The molecule has 6 nitrogen and oxygen atoms in total. The second kappa shape index (κ2) is 17.3. The minimum absolute atomic E-state index is 0.0187. The number of hydrogen-bond donors (Lipinski definition) is 2. The van der Waals surface area contributed by atoms with E-state index in [4.69, 9.17) is 14.1 Å². The second-order valence-electron chi connectivity index (χ2n) is 17.6. The molecule has 314 valence electrons. The van der Waals surface area contributed by atoms with Crippen molar-refractivity contribution >= 4 is 41.2 Å². The Labute approximate surface area is 371 Å². The summed E-state index contributed by atoms with van der Waals surface area (Å²) in [6.07, 6.45) is 1.75. The molecule has 8 aromatic rings. The molecule has 0 radical (unpaired) electrons. The number of carbonyl (C=O) groups is 1. The van der Waals surface area contributed by atoms with Gasteiger partial charge in [0.05, 0.1) is 23.2 Å². The van der Waals surface area contributed by atoms with Crippen LogP contribution in [0.4, 0.5) is 5.69 Å². The fourth-order valence-electron chi connectivity index (χ4n) is 10.00. The van der Waals surface area contributed by atoms with Crippen LogP contribution in [0.3, 0.4) is 0 Å². The van der Waals surface area contributed by atoms with Crippen LogP contribution in [0.5, 0.6) is 5.75 Å². The van der Waals surface area contributed by atoms with Gasteiger partial charge in [-0.2, -0.15) is 0 Å². The van der Waals surface area contributed by atoms with Gasteiger partial charge in [0.25, 0.3) is 8.32 Å². The van der Waals surface area contributed by atoms with Crippen molar-refractivity contribution in [1.82, 2.24) is 4.98 Å². The Morgan fingerprint density at radius 3 is 1.68 bits per heavy atom. The summed E-state index contributed by atoms with van der Waals surface area (Å²) in [6, 6.07) is 69.0. The maximum absolute atomic E-state index is 15.9. The SMILES string of the molecule is CC(C)(C)[Si](OC[C@@H]1[C@@H](c2cccc(O)c2)[C@@]1(COC(c1ccccc1)(c1ccccc1)c1ccccc1)C(=O)Nc1cccc2cccnc12)(c1ccccc1)c1ccccc1. The summed E-state index contributed by atoms with van der Waals surface area (Å²) in [5.41, 5.74) is 2.68. The average molecular weight is 845 g/mol. The van der Waals surface area contributed by atoms with Gasteiger partial charge in [-0.25, -0.2) is 0 Å². The molecular formula is C56H52N2O4Si. The van der Waals surface area contributed by atoms with Gasteiger partial charge in [0.15, 0.2) is 0 Å². The van der Waals surface area contributed by atoms with Crippen molar-refractivity contribution in [3.05, 3.63) is 235 Å². The number of phenolic OH excluding ortho intramolecular Hbond substituents is 1. The van der Waals surface area contributed by atoms with Crippen LogP contribution in [0.1, 0.15) is 48.9 Å². The van der Waals surface area contributed by atoms with Crippen molar-refractivity contribution < 1.29 is 19.1 Å². The number of aromatic hydroxyl groups is 1. The summed E-state index contributed by atoms with van der Waals surface area (Å²) in [4.78, 5) is 20.6. The number of rotatable bonds is 14. The lowest BCUT2D eigenvalue weighted by Gasteiger charge is -2.43. The van der Waals surface area contributed by atoms with Crippen LogP contribution in [0.2, 0.25) is 5.04 Å². The number of nitrogens with zero attached hydrogens (tertiary/aromatic N) is 1. The quantitative estimate of drug-likeness (QED) is 0.0842. The molecule has 9 rings (SSSR count). The van der Waals surface area contributed by atoms with Gasteiger partial charge in [0.1, 0.15) is 11.4 Å². The molecule has 7 heteroatoms. The number of ether oxygens (including phenoxy) is 1. The van der Waals surface area contributed by atoms with Gasteiger partial charge in [0.2, 0.25) is 5.91 Å². The highest BCUT2D eigenvalue weighted by molar-refractivity contribution is 6.99. The highest BCUT2D eigenvalue weighted by Gasteiger charge is 2.71. The smallest absolute Gasteiger partial charge is 0.261 e. The van der Waals surface area contributed by atoms with Crippen molar-refractivity contribution in [2.45, 2.75) is 37.3 Å². The van der Waals surface area contributed by atoms with Crippen LogP contribution in [-0.4, -0.2) is 37.5 Å². The third-order valence-corrected chi connectivity index (χ3v) is 18.0. The van der Waals surface area contributed by atoms with Crippen molar-refractivity contribution in [3.8, 4) is 5.75 Å². The van der Waals surface area contributed by atoms with Gasteiger partial charge in [-0.15, -0.1) is 0 Å². The van der Waals surface area contributed by atoms with Gasteiger partial charge >= 0.3 is 0 Å². The first-order valence-corrected chi connectivity index (χ1v) is 23.6. The van der Waals surface area contributed by atoms with E-state index in [9.17, 15) is 5.11 Å². The third kappa shape index (κ3) is 7.56. The lowest BCUT2D eigenvalue weighted by molar-refractivity contribution is -0.127. The van der Waals surface area contributed by atoms with E-state index in [0.717, 1.165) is 38.0 Å². The molecule has 1 saturated carbocycles. The number of carbonyl (C=O) groups excluding carboxylic acids is 1. The fourth-order valence-corrected chi connectivity index (χ4v) is 14.6. The van der Waals surface area contributed by atoms with E-state index in [1.807, 2.05) is 109 Å². The Morgan fingerprint density at radius 1 is 0.651 bits per heavy atom. The van der Waals surface area contributed by atoms with Crippen LogP contribution in [0.25, 0.3) is 10.9 Å². The molecule has 1 aliphatic carbocycles. The van der Waals surface area contributed by atoms with Crippen molar-refractivity contribution in [2.24, 2.45) is 11.3 Å². The summed E-state index contributed by atoms with van der Waals surface area (Å²) in [6.45, 7) is 7.08. The predicted molar refractivity (Wildman–Crippen MR) is 256 cm³/mol. The van der Waals surface area contributed by atoms with Crippen LogP contribution >= 0.6 is 0 Å². The summed E-state index contributed by atoms with van der Waals surface area (Å²) < 4.78 is 15.4. The van der Waals surface area contributed by atoms with Crippen molar-refractivity contribution in [2.75, 3.05) is 18.5 Å². The topological polar surface area (TPSA) is 80.7 Å². The lowest BCUT2D eigenvalue weighted by atomic mass is 9.80. The highest BCUT2D eigenvalue weighted by Crippen LogP contribution is 2.67. The van der Waals surface area contributed by atoms with Gasteiger partial charge < -0.3 is 19.6 Å². The zero-order valence-electron chi connectivity index (χ0n) is 35.9. The molecule has 0 bridgehead atoms. The monoisotopic (exact) mass is 844 g/mol. The van der Waals surface area contributed by atoms with Crippen LogP contribution in [-0.2, 0) is 19.6 Å². The van der Waals surface area contributed by atoms with Gasteiger partial charge in [-0.3, -0.25) is 9.78 Å². The van der Waals surface area contributed by atoms with Crippen LogP contribution in [0, 0.1) is 11.3 Å². The molecule has 63 heavy (non-hydrogen) atoms. The maximum atomic E-state index is 15.9. The standard InChI is InChI=1S/C56H52N2O4Si/c1-54(2,3)63(47-32-15-7-16-33-47,48-34-17-8-18-35-48)62-39-49-51(42-23-19-31-46(59)38-42)55(49,53(60)58-50-36-20-22-41-24-21-37-57-52(41)50)40-61-56(43-25-9-4-10-26-43,44-27-11-5-12-28-44)45-29-13-6-14-30-45/h4-38,49,51,59H,39-40H2,1-3H3,(H,58,60)/t49-,51-,55+/m1/s1. The number of aromatic nitrogens is 1. The van der Waals surface area contributed by atoms with E-state index in [-0.39, 0.29) is 35.8 Å². The Kier molecular flexibility index (Phi) is 11.4. The zero-order valence-corrected chi connectivity index (χ0v) is 36.9. The zero-order chi connectivity index (χ0) is 43.5. The van der Waals surface area contributed by atoms with Crippen molar-refractivity contribution in [3.63, 3.8) is 0 Å². The number of benzene rings is 7. The summed E-state index contributed by atoms with van der Waals surface area (Å²) >= 11 is 0. The molecule has 1 fully saturated rings. The largest absolute Gasteiger partial charge is 0.508 e. The molecule has 0 saturated heterocycles. The van der Waals surface area contributed by atoms with Crippen molar-refractivity contribution in [1.29, 1.82) is 0 Å². The summed E-state index contributed by atoms with van der Waals surface area (Å²) in [5.74, 6) is -0.838. The fraction of sp³-hybridized carbons (Fsp3) is 0.179. The first-order valence-electron chi connectivity index (χ1n) is 21.7. The second-order valence-corrected chi connectivity index (χ2v) is 21.9. The molecular weight excluding hydrogens is 793 g/mol. The number of hydrogen-bond acceptors (Lipinski definition) is 5. The average Bonchev–Trinajstić information content (AvgIpc) is 3.99. The molecule has 3 atom stereocenters. The van der Waals surface area contributed by atoms with E-state index >= 15 is 4.79 Å². The van der Waals surface area contributed by atoms with E-state index in [1.54, 1.807) is 18.3 Å². The molecule has 1 aromatic heterocycles. The highest BCUT2D eigenvalue weighted by atomic mass is 28.4. The Balaban J connectivity index is 1.23. The normalized spacial score (nSPS) is 17.6. The molecule has 7 aromatic carbocycles. The van der Waals surface area contributed by atoms with Crippen LogP contribution in [0.15, 0.2) is 212 Å². The van der Waals surface area contributed by atoms with Crippen LogP contribution < -0.4 is 15.7 Å². The first kappa shape index (κ1) is 41.7. The van der Waals surface area contributed by atoms with E-state index < -0.39 is 25.3 Å². The summed E-state index contributed by atoms with van der Waals surface area (Å²) in [7, 11) is -3.07. The van der Waals surface area contributed by atoms with E-state index in [1.165, 1.54) is 0 Å².